The standard InChI is InChI=1S/C25H34N2O6S2/c1-3-34-35-25(7-5-4-6-8-25)15-33-24(32)27-20-11-18(14-29)17(13-28)10-19(20)22(30)26-12-16(2)9-21(26)23(27)31/h10-11,21,23,28-29,31H,2-9,12-15H2,1H3/t21-,23?/m0/s1. The molecule has 10 heteroatoms. The van der Waals surface area contributed by atoms with Crippen LogP contribution in [-0.2, 0) is 18.0 Å². The molecule has 1 saturated heterocycles. The number of aliphatic hydroxyl groups is 3. The second-order valence-corrected chi connectivity index (χ2v) is 12.5. The van der Waals surface area contributed by atoms with Crippen LogP contribution in [0.4, 0.5) is 10.5 Å². The Morgan fingerprint density at radius 1 is 1.20 bits per heavy atom. The second-order valence-electron chi connectivity index (χ2n) is 9.48. The van der Waals surface area contributed by atoms with Crippen LogP contribution >= 0.6 is 21.6 Å². The molecule has 0 aromatic heterocycles. The number of amides is 2. The summed E-state index contributed by atoms with van der Waals surface area (Å²) in [6.07, 6.45) is 3.57. The van der Waals surface area contributed by atoms with Crippen molar-refractivity contribution in [2.24, 2.45) is 0 Å². The normalized spacial score (nSPS) is 23.7. The summed E-state index contributed by atoms with van der Waals surface area (Å²) in [5.74, 6) is 0.606. The summed E-state index contributed by atoms with van der Waals surface area (Å²) in [5, 5.41) is 31.0. The first-order chi connectivity index (χ1) is 16.8. The number of ether oxygens (including phenoxy) is 1. The van der Waals surface area contributed by atoms with E-state index < -0.39 is 18.4 Å². The van der Waals surface area contributed by atoms with Crippen molar-refractivity contribution in [3.05, 3.63) is 41.0 Å². The third-order valence-corrected chi connectivity index (χ3v) is 10.4. The maximum Gasteiger partial charge on any atom is 0.416 e. The number of aliphatic hydroxyl groups excluding tert-OH is 3. The Morgan fingerprint density at radius 2 is 1.89 bits per heavy atom. The van der Waals surface area contributed by atoms with Gasteiger partial charge in [-0.3, -0.25) is 4.79 Å². The minimum Gasteiger partial charge on any atom is -0.448 e. The van der Waals surface area contributed by atoms with Crippen molar-refractivity contribution in [3.8, 4) is 0 Å². The van der Waals surface area contributed by atoms with E-state index >= 15 is 0 Å². The largest absolute Gasteiger partial charge is 0.448 e. The SMILES string of the molecule is C=C1C[C@H]2C(O)N(C(=O)OCC3(SSCC)CCCCC3)c3cc(CO)c(CO)cc3C(=O)N2C1. The van der Waals surface area contributed by atoms with Gasteiger partial charge in [-0.25, -0.2) is 9.69 Å². The zero-order chi connectivity index (χ0) is 25.2. The first-order valence-corrected chi connectivity index (χ1v) is 14.5. The molecule has 1 unspecified atom stereocenters. The molecule has 4 rings (SSSR count). The molecule has 2 amide bonds. The summed E-state index contributed by atoms with van der Waals surface area (Å²) in [6, 6.07) is 2.34. The van der Waals surface area contributed by atoms with Crippen LogP contribution in [0.1, 0.15) is 66.9 Å². The van der Waals surface area contributed by atoms with E-state index in [0.717, 1.165) is 41.9 Å². The van der Waals surface area contributed by atoms with E-state index in [4.69, 9.17) is 4.74 Å². The van der Waals surface area contributed by atoms with E-state index in [1.165, 1.54) is 23.5 Å². The molecule has 192 valence electrons. The van der Waals surface area contributed by atoms with Crippen LogP contribution < -0.4 is 4.90 Å². The van der Waals surface area contributed by atoms with Gasteiger partial charge in [-0.05, 0) is 42.5 Å². The highest BCUT2D eigenvalue weighted by Crippen LogP contribution is 2.46. The lowest BCUT2D eigenvalue weighted by molar-refractivity contribution is 0.0480. The smallest absolute Gasteiger partial charge is 0.416 e. The van der Waals surface area contributed by atoms with Gasteiger partial charge in [0.25, 0.3) is 5.91 Å². The van der Waals surface area contributed by atoms with Crippen LogP contribution in [0.2, 0.25) is 0 Å². The van der Waals surface area contributed by atoms with E-state index in [1.807, 2.05) is 0 Å². The van der Waals surface area contributed by atoms with E-state index in [0.29, 0.717) is 17.5 Å². The third kappa shape index (κ3) is 5.22. The number of benzene rings is 1. The fourth-order valence-electron chi connectivity index (χ4n) is 5.23. The molecule has 3 N–H and O–H groups in total. The Bertz CT molecular complexity index is 981. The van der Waals surface area contributed by atoms with Crippen LogP contribution in [0.15, 0.2) is 24.3 Å². The van der Waals surface area contributed by atoms with Gasteiger partial charge >= 0.3 is 6.09 Å². The molecule has 1 aromatic carbocycles. The molecule has 1 aromatic rings. The van der Waals surface area contributed by atoms with Crippen LogP contribution in [0, 0.1) is 0 Å². The fraction of sp³-hybridized carbons (Fsp3) is 0.600. The maximum atomic E-state index is 13.6. The molecule has 2 atom stereocenters. The molecule has 8 nitrogen and oxygen atoms in total. The van der Waals surface area contributed by atoms with Crippen molar-refractivity contribution in [1.29, 1.82) is 0 Å². The van der Waals surface area contributed by atoms with Crippen LogP contribution in [0.25, 0.3) is 0 Å². The Balaban J connectivity index is 1.69. The lowest BCUT2D eigenvalue weighted by Gasteiger charge is -2.37. The summed E-state index contributed by atoms with van der Waals surface area (Å²) in [6.45, 7) is 5.84. The Kier molecular flexibility index (Phi) is 8.38. The predicted molar refractivity (Wildman–Crippen MR) is 138 cm³/mol. The molecule has 2 heterocycles. The van der Waals surface area contributed by atoms with Gasteiger partial charge < -0.3 is 25.0 Å². The highest BCUT2D eigenvalue weighted by Gasteiger charge is 2.46. The van der Waals surface area contributed by atoms with Crippen molar-refractivity contribution in [2.75, 3.05) is 23.8 Å². The number of rotatable bonds is 7. The Morgan fingerprint density at radius 3 is 2.54 bits per heavy atom. The molecule has 3 aliphatic rings. The average Bonchev–Trinajstić information content (AvgIpc) is 3.24. The molecule has 1 saturated carbocycles. The Hall–Kier alpha value is -1.72. The van der Waals surface area contributed by atoms with Gasteiger partial charge in [0.15, 0.2) is 6.23 Å². The highest BCUT2D eigenvalue weighted by atomic mass is 33.1. The van der Waals surface area contributed by atoms with E-state index in [2.05, 4.69) is 13.5 Å². The van der Waals surface area contributed by atoms with Gasteiger partial charge in [-0.1, -0.05) is 59.9 Å². The Labute approximate surface area is 214 Å². The molecule has 1 aliphatic carbocycles. The molecule has 2 fully saturated rings. The number of nitrogens with zero attached hydrogens (tertiary/aromatic N) is 2. The van der Waals surface area contributed by atoms with Crippen LogP contribution in [0.5, 0.6) is 0 Å². The number of fused-ring (bicyclic) bond motifs is 2. The van der Waals surface area contributed by atoms with Crippen molar-refractivity contribution < 1.29 is 29.6 Å². The molecule has 0 spiro atoms. The first-order valence-electron chi connectivity index (χ1n) is 12.1. The van der Waals surface area contributed by atoms with E-state index in [-0.39, 0.29) is 48.3 Å². The van der Waals surface area contributed by atoms with Gasteiger partial charge in [0.1, 0.15) is 6.61 Å². The molecule has 2 aliphatic heterocycles. The average molecular weight is 523 g/mol. The van der Waals surface area contributed by atoms with Gasteiger partial charge in [-0.2, -0.15) is 0 Å². The summed E-state index contributed by atoms with van der Waals surface area (Å²) < 4.78 is 5.70. The van der Waals surface area contributed by atoms with E-state index in [9.17, 15) is 24.9 Å². The minimum absolute atomic E-state index is 0.172. The minimum atomic E-state index is -1.33. The lowest BCUT2D eigenvalue weighted by atomic mass is 9.89. The highest BCUT2D eigenvalue weighted by molar-refractivity contribution is 8.77. The van der Waals surface area contributed by atoms with Crippen molar-refractivity contribution in [1.82, 2.24) is 4.90 Å². The van der Waals surface area contributed by atoms with Crippen molar-refractivity contribution in [3.63, 3.8) is 0 Å². The van der Waals surface area contributed by atoms with Crippen molar-refractivity contribution >= 4 is 39.3 Å². The quantitative estimate of drug-likeness (QED) is 0.366. The number of hydrogen-bond donors (Lipinski definition) is 3. The van der Waals surface area contributed by atoms with Gasteiger partial charge in [0, 0.05) is 12.3 Å². The van der Waals surface area contributed by atoms with Gasteiger partial charge in [0.05, 0.1) is 35.3 Å². The maximum absolute atomic E-state index is 13.6. The number of anilines is 1. The molecule has 0 bridgehead atoms. The molecular weight excluding hydrogens is 488 g/mol. The van der Waals surface area contributed by atoms with E-state index in [1.54, 1.807) is 21.6 Å². The van der Waals surface area contributed by atoms with Crippen LogP contribution in [0.3, 0.4) is 0 Å². The summed E-state index contributed by atoms with van der Waals surface area (Å²) in [4.78, 5) is 29.7. The topological polar surface area (TPSA) is 111 Å². The summed E-state index contributed by atoms with van der Waals surface area (Å²) in [7, 11) is 3.54. The zero-order valence-corrected chi connectivity index (χ0v) is 21.7. The van der Waals surface area contributed by atoms with Crippen LogP contribution in [-0.4, -0.2) is 68.1 Å². The first kappa shape index (κ1) is 26.3. The van der Waals surface area contributed by atoms with Crippen molar-refractivity contribution in [2.45, 2.75) is 75.7 Å². The van der Waals surface area contributed by atoms with Gasteiger partial charge in [-0.15, -0.1) is 0 Å². The number of carbonyl (C=O) groups excluding carboxylic acids is 2. The molecule has 35 heavy (non-hydrogen) atoms. The number of hydrogen-bond acceptors (Lipinski definition) is 8. The molecule has 0 radical (unpaired) electrons. The third-order valence-electron chi connectivity index (χ3n) is 7.08. The second kappa shape index (κ2) is 11.1. The molecular formula is C25H34N2O6S2. The summed E-state index contributed by atoms with van der Waals surface area (Å²) >= 11 is 0. The summed E-state index contributed by atoms with van der Waals surface area (Å²) in [5.41, 5.74) is 1.94. The fourth-order valence-corrected chi connectivity index (χ4v) is 7.91. The monoisotopic (exact) mass is 522 g/mol. The predicted octanol–water partition coefficient (Wildman–Crippen LogP) is 3.82. The number of carbonyl (C=O) groups is 2. The zero-order valence-electron chi connectivity index (χ0n) is 20.1. The van der Waals surface area contributed by atoms with Gasteiger partial charge in [0.2, 0.25) is 0 Å². The lowest BCUT2D eigenvalue weighted by Crippen LogP contribution is -2.51.